The van der Waals surface area contributed by atoms with Crippen LogP contribution in [0.1, 0.15) is 105 Å². The monoisotopic (exact) mass is 752 g/mol. The van der Waals surface area contributed by atoms with Crippen LogP contribution in [-0.2, 0) is 21.7 Å². The van der Waals surface area contributed by atoms with E-state index in [9.17, 15) is 0 Å². The second-order valence-corrected chi connectivity index (χ2v) is 19.7. The number of nitrogens with zero attached hydrogens (tertiary/aromatic N) is 4. The molecule has 0 atom stereocenters. The summed E-state index contributed by atoms with van der Waals surface area (Å²) in [6.45, 7) is 27.6. The van der Waals surface area contributed by atoms with Crippen molar-refractivity contribution in [3.63, 3.8) is 0 Å². The van der Waals surface area contributed by atoms with Crippen molar-refractivity contribution in [1.29, 1.82) is 0 Å². The maximum absolute atomic E-state index is 6.72. The average molecular weight is 753 g/mol. The Morgan fingerprint density at radius 1 is 0.526 bits per heavy atom. The topological polar surface area (TPSA) is 35.9 Å². The van der Waals surface area contributed by atoms with E-state index < -0.39 is 0 Å². The summed E-state index contributed by atoms with van der Waals surface area (Å²) in [6.07, 6.45) is 5.76. The summed E-state index contributed by atoms with van der Waals surface area (Å²) in [6, 6.07) is 41.1. The van der Waals surface area contributed by atoms with Gasteiger partial charge >= 0.3 is 0 Å². The number of pyridine rings is 1. The van der Waals surface area contributed by atoms with E-state index in [0.29, 0.717) is 0 Å². The fraction of sp³-hybridized carbons (Fsp3) is 0.308. The van der Waals surface area contributed by atoms with Crippen molar-refractivity contribution in [2.45, 2.75) is 105 Å². The minimum Gasteiger partial charge on any atom is -0.458 e. The van der Waals surface area contributed by atoms with Crippen LogP contribution in [-0.4, -0.2) is 14.1 Å². The van der Waals surface area contributed by atoms with E-state index in [1.165, 1.54) is 33.3 Å². The lowest BCUT2D eigenvalue weighted by molar-refractivity contribution is -0.574. The molecule has 0 aliphatic heterocycles. The molecule has 5 heteroatoms. The van der Waals surface area contributed by atoms with Gasteiger partial charge in [-0.2, -0.15) is 0 Å². The van der Waals surface area contributed by atoms with Crippen LogP contribution in [0.15, 0.2) is 121 Å². The van der Waals surface area contributed by atoms with Crippen LogP contribution in [0.25, 0.3) is 50.0 Å². The zero-order chi connectivity index (χ0) is 40.7. The smallest absolute Gasteiger partial charge is 0.269 e. The van der Waals surface area contributed by atoms with Crippen molar-refractivity contribution < 1.29 is 9.30 Å². The third-order valence-corrected chi connectivity index (χ3v) is 11.2. The molecule has 0 unspecified atom stereocenters. The van der Waals surface area contributed by atoms with Crippen LogP contribution in [0.3, 0.4) is 0 Å². The molecule has 290 valence electrons. The van der Waals surface area contributed by atoms with Gasteiger partial charge in [0.15, 0.2) is 0 Å². The highest BCUT2D eigenvalue weighted by Gasteiger charge is 2.31. The van der Waals surface area contributed by atoms with Crippen molar-refractivity contribution in [1.82, 2.24) is 14.1 Å². The van der Waals surface area contributed by atoms with Crippen LogP contribution in [0, 0.1) is 6.33 Å². The molecule has 57 heavy (non-hydrogen) atoms. The minimum absolute atomic E-state index is 0.00186. The van der Waals surface area contributed by atoms with E-state index in [-0.39, 0.29) is 21.7 Å². The predicted molar refractivity (Wildman–Crippen MR) is 237 cm³/mol. The van der Waals surface area contributed by atoms with E-state index in [4.69, 9.17) is 9.72 Å². The molecular formula is C52H56N4O. The van der Waals surface area contributed by atoms with Gasteiger partial charge in [0.05, 0.1) is 33.4 Å². The molecule has 0 radical (unpaired) electrons. The van der Waals surface area contributed by atoms with E-state index in [0.717, 1.165) is 50.5 Å². The number of para-hydroxylation sites is 3. The molecule has 0 amide bonds. The van der Waals surface area contributed by atoms with Crippen molar-refractivity contribution >= 4 is 32.8 Å². The Hall–Kier alpha value is -5.68. The van der Waals surface area contributed by atoms with Crippen molar-refractivity contribution in [3.05, 3.63) is 150 Å². The maximum Gasteiger partial charge on any atom is 0.269 e. The van der Waals surface area contributed by atoms with Gasteiger partial charge in [-0.15, -0.1) is 0 Å². The van der Waals surface area contributed by atoms with E-state index in [1.807, 2.05) is 12.3 Å². The first-order valence-corrected chi connectivity index (χ1v) is 20.2. The normalized spacial score (nSPS) is 12.9. The number of imidazole rings is 1. The van der Waals surface area contributed by atoms with Gasteiger partial charge in [0.1, 0.15) is 17.3 Å². The lowest BCUT2D eigenvalue weighted by Crippen LogP contribution is -2.38. The Morgan fingerprint density at radius 3 is 1.81 bits per heavy atom. The summed E-state index contributed by atoms with van der Waals surface area (Å²) in [7, 11) is 0. The molecule has 3 aromatic heterocycles. The average Bonchev–Trinajstić information content (AvgIpc) is 3.69. The second kappa shape index (κ2) is 13.5. The van der Waals surface area contributed by atoms with Gasteiger partial charge in [-0.1, -0.05) is 144 Å². The molecule has 8 aromatic rings. The largest absolute Gasteiger partial charge is 0.458 e. The van der Waals surface area contributed by atoms with Gasteiger partial charge in [0.2, 0.25) is 0 Å². The number of benzene rings is 5. The van der Waals surface area contributed by atoms with Crippen LogP contribution in [0.4, 0.5) is 0 Å². The standard InChI is InChI=1S/C52H56N4O/c1-49(2,3)34-26-27-53-47(30-34)56-43-21-14-13-20-39(43)40-25-24-38(32-46(40)56)57-37-19-17-18-36(31-37)54-33-55(45-23-16-15-22-44(45)54)48-41(51(7,8)9)28-35(50(4,5)6)29-42(48)52(10,11)12/h13-32H,1-12H3. The highest BCUT2D eigenvalue weighted by atomic mass is 16.5. The first kappa shape index (κ1) is 38.2. The van der Waals surface area contributed by atoms with Crippen molar-refractivity contribution in [3.8, 4) is 28.7 Å². The van der Waals surface area contributed by atoms with E-state index >= 15 is 0 Å². The Labute approximate surface area is 338 Å². The first-order valence-electron chi connectivity index (χ1n) is 20.2. The van der Waals surface area contributed by atoms with Crippen LogP contribution in [0.5, 0.6) is 11.5 Å². The molecule has 0 saturated carbocycles. The number of ether oxygens (including phenoxy) is 1. The molecule has 0 fully saturated rings. The molecule has 0 spiro atoms. The highest BCUT2D eigenvalue weighted by Crippen LogP contribution is 2.40. The number of hydrogen-bond donors (Lipinski definition) is 0. The van der Waals surface area contributed by atoms with Gasteiger partial charge in [0, 0.05) is 23.0 Å². The fourth-order valence-electron chi connectivity index (χ4n) is 7.96. The Bertz CT molecular complexity index is 2770. The first-order chi connectivity index (χ1) is 26.8. The molecule has 3 heterocycles. The number of hydrogen-bond acceptors (Lipinski definition) is 2. The zero-order valence-electron chi connectivity index (χ0n) is 35.7. The molecule has 0 aliphatic rings. The third-order valence-electron chi connectivity index (χ3n) is 11.2. The molecule has 5 aromatic carbocycles. The second-order valence-electron chi connectivity index (χ2n) is 19.7. The van der Waals surface area contributed by atoms with Crippen LogP contribution in [0.2, 0.25) is 0 Å². The Kier molecular flexibility index (Phi) is 9.03. The van der Waals surface area contributed by atoms with Crippen LogP contribution >= 0.6 is 0 Å². The molecule has 0 aliphatic carbocycles. The SMILES string of the molecule is CC(C)(C)c1ccnc(-n2c3ccccc3c3ccc(Oc4cccc(-n5[c-][n+](-c6c(C(C)(C)C)cc(C(C)(C)C)cc6C(C)(C)C)c6ccccc65)c4)cc32)c1. The zero-order valence-corrected chi connectivity index (χ0v) is 35.7. The predicted octanol–water partition coefficient (Wildman–Crippen LogP) is 13.2. The summed E-state index contributed by atoms with van der Waals surface area (Å²) in [5, 5.41) is 2.34. The lowest BCUT2D eigenvalue weighted by atomic mass is 9.74. The van der Waals surface area contributed by atoms with Gasteiger partial charge in [-0.25, -0.2) is 4.98 Å². The number of aromatic nitrogens is 4. The van der Waals surface area contributed by atoms with Crippen molar-refractivity contribution in [2.24, 2.45) is 0 Å². The van der Waals surface area contributed by atoms with Gasteiger partial charge < -0.3 is 4.74 Å². The maximum atomic E-state index is 6.72. The molecule has 0 N–H and O–H groups in total. The molecule has 0 bridgehead atoms. The summed E-state index contributed by atoms with van der Waals surface area (Å²) >= 11 is 0. The van der Waals surface area contributed by atoms with Gasteiger partial charge in [-0.3, -0.25) is 13.7 Å². The fourth-order valence-corrected chi connectivity index (χ4v) is 7.96. The summed E-state index contributed by atoms with van der Waals surface area (Å²) in [4.78, 5) is 4.87. The summed E-state index contributed by atoms with van der Waals surface area (Å²) in [5.41, 5.74) is 11.5. The molecular weight excluding hydrogens is 697 g/mol. The Morgan fingerprint density at radius 2 is 1.14 bits per heavy atom. The third kappa shape index (κ3) is 7.03. The molecule has 0 saturated heterocycles. The summed E-state index contributed by atoms with van der Waals surface area (Å²) < 4.78 is 13.5. The summed E-state index contributed by atoms with van der Waals surface area (Å²) in [5.74, 6) is 2.41. The lowest BCUT2D eigenvalue weighted by Gasteiger charge is -2.34. The van der Waals surface area contributed by atoms with E-state index in [1.54, 1.807) is 0 Å². The minimum atomic E-state index is -0.105. The van der Waals surface area contributed by atoms with Gasteiger partial charge in [-0.05, 0) is 92.4 Å². The van der Waals surface area contributed by atoms with Crippen molar-refractivity contribution in [2.75, 3.05) is 0 Å². The van der Waals surface area contributed by atoms with Crippen LogP contribution < -0.4 is 9.30 Å². The highest BCUT2D eigenvalue weighted by molar-refractivity contribution is 6.09. The molecule has 5 nitrogen and oxygen atoms in total. The number of rotatable bonds is 5. The molecule has 8 rings (SSSR count). The quantitative estimate of drug-likeness (QED) is 0.130. The van der Waals surface area contributed by atoms with Gasteiger partial charge in [0.25, 0.3) is 6.33 Å². The Balaban J connectivity index is 1.25. The van der Waals surface area contributed by atoms with E-state index in [2.05, 4.69) is 212 Å². The number of fused-ring (bicyclic) bond motifs is 4.